The molecule has 0 unspecified atom stereocenters. The highest BCUT2D eigenvalue weighted by Gasteiger charge is 2.14. The predicted molar refractivity (Wildman–Crippen MR) is 77.5 cm³/mol. The Hall–Kier alpha value is -1.75. The highest BCUT2D eigenvalue weighted by molar-refractivity contribution is 5.95. The number of nitrogens with one attached hydrogen (secondary N) is 2. The minimum absolute atomic E-state index is 0.0970. The van der Waals surface area contributed by atoms with Crippen molar-refractivity contribution in [2.45, 2.75) is 25.3 Å². The Morgan fingerprint density at radius 1 is 1.30 bits per heavy atom. The lowest BCUT2D eigenvalue weighted by Crippen LogP contribution is -2.30. The van der Waals surface area contributed by atoms with Crippen LogP contribution in [0.3, 0.4) is 0 Å². The maximum Gasteiger partial charge on any atom is 0.251 e. The first-order valence-corrected chi connectivity index (χ1v) is 6.97. The van der Waals surface area contributed by atoms with Crippen LogP contribution in [0.5, 0.6) is 11.5 Å². The third-order valence-electron chi connectivity index (χ3n) is 3.55. The number of benzene rings is 1. The number of carbonyl (C=O) groups excluding carboxylic acids is 1. The van der Waals surface area contributed by atoms with Gasteiger partial charge in [0.25, 0.3) is 5.91 Å². The van der Waals surface area contributed by atoms with Gasteiger partial charge in [-0.05, 0) is 37.9 Å². The molecule has 1 amide bonds. The molecule has 1 aromatic carbocycles. The van der Waals surface area contributed by atoms with Crippen LogP contribution in [0.4, 0.5) is 0 Å². The molecule has 1 atom stereocenters. The minimum atomic E-state index is -0.0970. The Kier molecular flexibility index (Phi) is 5.24. The van der Waals surface area contributed by atoms with Crippen LogP contribution in [0.15, 0.2) is 18.2 Å². The highest BCUT2D eigenvalue weighted by Crippen LogP contribution is 2.22. The van der Waals surface area contributed by atoms with Gasteiger partial charge in [0.2, 0.25) is 0 Å². The van der Waals surface area contributed by atoms with Crippen LogP contribution in [-0.2, 0) is 0 Å². The van der Waals surface area contributed by atoms with Gasteiger partial charge in [0.05, 0.1) is 14.2 Å². The summed E-state index contributed by atoms with van der Waals surface area (Å²) in [7, 11) is 3.14. The van der Waals surface area contributed by atoms with E-state index in [2.05, 4.69) is 10.6 Å². The second-order valence-electron chi connectivity index (χ2n) is 4.94. The molecule has 2 rings (SSSR count). The first-order valence-electron chi connectivity index (χ1n) is 6.97. The zero-order chi connectivity index (χ0) is 14.4. The zero-order valence-electron chi connectivity index (χ0n) is 12.1. The van der Waals surface area contributed by atoms with Gasteiger partial charge >= 0.3 is 0 Å². The summed E-state index contributed by atoms with van der Waals surface area (Å²) in [4.78, 5) is 12.1. The van der Waals surface area contributed by atoms with Crippen LogP contribution < -0.4 is 20.1 Å². The Morgan fingerprint density at radius 3 is 2.55 bits per heavy atom. The molecule has 1 saturated heterocycles. The van der Waals surface area contributed by atoms with Crippen molar-refractivity contribution in [1.82, 2.24) is 10.6 Å². The van der Waals surface area contributed by atoms with E-state index >= 15 is 0 Å². The quantitative estimate of drug-likeness (QED) is 0.829. The number of rotatable bonds is 6. The smallest absolute Gasteiger partial charge is 0.251 e. The summed E-state index contributed by atoms with van der Waals surface area (Å²) in [5.41, 5.74) is 0.556. The molecule has 1 aliphatic heterocycles. The first kappa shape index (κ1) is 14.7. The molecule has 1 aromatic rings. The molecular weight excluding hydrogens is 256 g/mol. The van der Waals surface area contributed by atoms with E-state index in [-0.39, 0.29) is 5.91 Å². The summed E-state index contributed by atoms with van der Waals surface area (Å²) in [6.45, 7) is 1.77. The topological polar surface area (TPSA) is 59.6 Å². The molecule has 1 heterocycles. The van der Waals surface area contributed by atoms with Crippen LogP contribution in [0, 0.1) is 0 Å². The van der Waals surface area contributed by atoms with E-state index in [1.807, 2.05) is 0 Å². The number of methoxy groups -OCH3 is 2. The van der Waals surface area contributed by atoms with Gasteiger partial charge in [0.15, 0.2) is 0 Å². The monoisotopic (exact) mass is 278 g/mol. The third kappa shape index (κ3) is 3.87. The molecular formula is C15H22N2O3. The molecule has 2 N–H and O–H groups in total. The van der Waals surface area contributed by atoms with Gasteiger partial charge in [-0.2, -0.15) is 0 Å². The molecule has 0 saturated carbocycles. The van der Waals surface area contributed by atoms with E-state index in [0.717, 1.165) is 13.0 Å². The summed E-state index contributed by atoms with van der Waals surface area (Å²) in [5.74, 6) is 1.14. The molecule has 0 bridgehead atoms. The molecule has 0 radical (unpaired) electrons. The van der Waals surface area contributed by atoms with Crippen LogP contribution >= 0.6 is 0 Å². The van der Waals surface area contributed by atoms with Gasteiger partial charge in [-0.3, -0.25) is 4.79 Å². The normalized spacial score (nSPS) is 17.8. The fourth-order valence-corrected chi connectivity index (χ4v) is 2.40. The number of amides is 1. The Balaban J connectivity index is 1.90. The number of ether oxygens (including phenoxy) is 2. The van der Waals surface area contributed by atoms with Crippen LogP contribution in [0.25, 0.3) is 0 Å². The Morgan fingerprint density at radius 2 is 2.00 bits per heavy atom. The molecule has 20 heavy (non-hydrogen) atoms. The second kappa shape index (κ2) is 7.14. The summed E-state index contributed by atoms with van der Waals surface area (Å²) < 4.78 is 10.3. The van der Waals surface area contributed by atoms with Crippen LogP contribution in [-0.4, -0.2) is 39.3 Å². The van der Waals surface area contributed by atoms with Crippen molar-refractivity contribution in [3.63, 3.8) is 0 Å². The van der Waals surface area contributed by atoms with Crippen molar-refractivity contribution in [1.29, 1.82) is 0 Å². The van der Waals surface area contributed by atoms with Crippen molar-refractivity contribution in [2.24, 2.45) is 0 Å². The molecule has 5 nitrogen and oxygen atoms in total. The lowest BCUT2D eigenvalue weighted by molar-refractivity contribution is 0.0951. The van der Waals surface area contributed by atoms with Crippen LogP contribution in [0.1, 0.15) is 29.6 Å². The summed E-state index contributed by atoms with van der Waals surface area (Å²) in [6, 6.07) is 5.71. The lowest BCUT2D eigenvalue weighted by atomic mass is 10.1. The molecule has 0 spiro atoms. The van der Waals surface area contributed by atoms with Crippen molar-refractivity contribution in [2.75, 3.05) is 27.3 Å². The van der Waals surface area contributed by atoms with Crippen molar-refractivity contribution >= 4 is 5.91 Å². The summed E-state index contributed by atoms with van der Waals surface area (Å²) in [6.07, 6.45) is 3.39. The standard InChI is InChI=1S/C15H22N2O3/c1-19-13-8-11(9-14(10-13)20-2)15(18)17-7-5-12-4-3-6-16-12/h8-10,12,16H,3-7H2,1-2H3,(H,17,18)/t12-/m0/s1. The molecule has 1 fully saturated rings. The van der Waals surface area contributed by atoms with E-state index < -0.39 is 0 Å². The Labute approximate surface area is 119 Å². The largest absolute Gasteiger partial charge is 0.497 e. The number of hydrogen-bond acceptors (Lipinski definition) is 4. The second-order valence-corrected chi connectivity index (χ2v) is 4.94. The average Bonchev–Trinajstić information content (AvgIpc) is 2.99. The van der Waals surface area contributed by atoms with E-state index in [4.69, 9.17) is 9.47 Å². The molecule has 1 aliphatic rings. The molecule has 0 aliphatic carbocycles. The van der Waals surface area contributed by atoms with E-state index in [0.29, 0.717) is 29.6 Å². The van der Waals surface area contributed by atoms with Gasteiger partial charge in [0, 0.05) is 24.2 Å². The maximum absolute atomic E-state index is 12.1. The SMILES string of the molecule is COc1cc(OC)cc(C(=O)NCC[C@@H]2CCCN2)c1. The zero-order valence-corrected chi connectivity index (χ0v) is 12.1. The minimum Gasteiger partial charge on any atom is -0.497 e. The fourth-order valence-electron chi connectivity index (χ4n) is 2.40. The third-order valence-corrected chi connectivity index (χ3v) is 3.55. The summed E-state index contributed by atoms with van der Waals surface area (Å²) in [5, 5.41) is 6.35. The van der Waals surface area contributed by atoms with Gasteiger partial charge in [-0.15, -0.1) is 0 Å². The van der Waals surface area contributed by atoms with Crippen molar-refractivity contribution in [3.05, 3.63) is 23.8 Å². The van der Waals surface area contributed by atoms with Crippen molar-refractivity contribution < 1.29 is 14.3 Å². The van der Waals surface area contributed by atoms with E-state index in [1.54, 1.807) is 32.4 Å². The lowest BCUT2D eigenvalue weighted by Gasteiger charge is -2.12. The van der Waals surface area contributed by atoms with Gasteiger partial charge < -0.3 is 20.1 Å². The molecule has 0 aromatic heterocycles. The first-order chi connectivity index (χ1) is 9.72. The van der Waals surface area contributed by atoms with Crippen LogP contribution in [0.2, 0.25) is 0 Å². The van der Waals surface area contributed by atoms with Gasteiger partial charge in [0.1, 0.15) is 11.5 Å². The predicted octanol–water partition coefficient (Wildman–Crippen LogP) is 1.58. The molecule has 110 valence electrons. The van der Waals surface area contributed by atoms with E-state index in [1.165, 1.54) is 12.8 Å². The van der Waals surface area contributed by atoms with Gasteiger partial charge in [-0.25, -0.2) is 0 Å². The molecule has 5 heteroatoms. The average molecular weight is 278 g/mol. The van der Waals surface area contributed by atoms with Gasteiger partial charge in [-0.1, -0.05) is 0 Å². The summed E-state index contributed by atoms with van der Waals surface area (Å²) >= 11 is 0. The van der Waals surface area contributed by atoms with Crippen molar-refractivity contribution in [3.8, 4) is 11.5 Å². The maximum atomic E-state index is 12.1. The fraction of sp³-hybridized carbons (Fsp3) is 0.533. The Bertz CT molecular complexity index is 434. The number of hydrogen-bond donors (Lipinski definition) is 2. The van der Waals surface area contributed by atoms with E-state index in [9.17, 15) is 4.79 Å². The number of carbonyl (C=O) groups is 1. The highest BCUT2D eigenvalue weighted by atomic mass is 16.5.